The second kappa shape index (κ2) is 10.1. The van der Waals surface area contributed by atoms with Crippen LogP contribution in [0.15, 0.2) is 42.7 Å². The lowest BCUT2D eigenvalue weighted by Crippen LogP contribution is -2.59. The summed E-state index contributed by atoms with van der Waals surface area (Å²) in [5.74, 6) is 1.75. The summed E-state index contributed by atoms with van der Waals surface area (Å²) < 4.78 is 38.2. The first-order chi connectivity index (χ1) is 16.9. The fraction of sp³-hybridized carbons (Fsp3) is 0.560. The number of hydrogen-bond acceptors (Lipinski definition) is 6. The standard InChI is InChI=1S/C25H31F3N6O/c26-25(27,28)21-4-2-18(3-5-21)23(35)31-15-22-14-19-6-9-34(22)17-20(19)16-32-10-12-33(13-11-32)24-29-7-1-8-30-24/h1-5,7-8,19-20,22H,6,9-17H2,(H,31,35)/t19-,20+,22+/m0/s1. The van der Waals surface area contributed by atoms with Crippen LogP contribution in [0.4, 0.5) is 19.1 Å². The molecule has 10 heteroatoms. The maximum absolute atomic E-state index is 12.7. The molecule has 2 bridgehead atoms. The second-order valence-electron chi connectivity index (χ2n) is 9.81. The molecule has 2 aromatic rings. The summed E-state index contributed by atoms with van der Waals surface area (Å²) in [4.78, 5) is 28.5. The summed E-state index contributed by atoms with van der Waals surface area (Å²) in [5.41, 5.74) is -0.488. The Hall–Kier alpha value is -2.72. The van der Waals surface area contributed by atoms with E-state index in [2.05, 4.69) is 30.0 Å². The van der Waals surface area contributed by atoms with Crippen molar-refractivity contribution in [2.24, 2.45) is 11.8 Å². The van der Waals surface area contributed by atoms with Gasteiger partial charge >= 0.3 is 6.18 Å². The van der Waals surface area contributed by atoms with Crippen molar-refractivity contribution in [3.63, 3.8) is 0 Å². The normalized spacial score (nSPS) is 27.1. The minimum atomic E-state index is -4.40. The van der Waals surface area contributed by atoms with Crippen LogP contribution < -0.4 is 10.2 Å². The highest BCUT2D eigenvalue weighted by atomic mass is 19.4. The molecule has 188 valence electrons. The SMILES string of the molecule is O=C(NC[C@H]1C[C@@H]2CCN1C[C@H]2CN1CCN(c2ncccn2)CC1)c1ccc(C(F)(F)F)cc1. The van der Waals surface area contributed by atoms with Gasteiger partial charge in [-0.3, -0.25) is 14.6 Å². The fourth-order valence-corrected chi connectivity index (χ4v) is 5.71. The van der Waals surface area contributed by atoms with Crippen LogP contribution in [0.1, 0.15) is 28.8 Å². The van der Waals surface area contributed by atoms with Gasteiger partial charge in [-0.05, 0) is 61.6 Å². The van der Waals surface area contributed by atoms with Crippen molar-refractivity contribution >= 4 is 11.9 Å². The number of aromatic nitrogens is 2. The van der Waals surface area contributed by atoms with Crippen molar-refractivity contribution in [2.45, 2.75) is 25.1 Å². The Bertz CT molecular complexity index is 995. The van der Waals surface area contributed by atoms with Crippen molar-refractivity contribution < 1.29 is 18.0 Å². The van der Waals surface area contributed by atoms with Crippen molar-refractivity contribution in [3.8, 4) is 0 Å². The third-order valence-electron chi connectivity index (χ3n) is 7.69. The summed E-state index contributed by atoms with van der Waals surface area (Å²) in [7, 11) is 0. The molecule has 1 amide bonds. The summed E-state index contributed by atoms with van der Waals surface area (Å²) in [6.45, 7) is 7.58. The van der Waals surface area contributed by atoms with Gasteiger partial charge < -0.3 is 10.2 Å². The summed E-state index contributed by atoms with van der Waals surface area (Å²) >= 11 is 0. The Morgan fingerprint density at radius 3 is 2.37 bits per heavy atom. The van der Waals surface area contributed by atoms with E-state index < -0.39 is 11.7 Å². The van der Waals surface area contributed by atoms with Gasteiger partial charge in [-0.2, -0.15) is 13.2 Å². The average Bonchev–Trinajstić information content (AvgIpc) is 2.88. The van der Waals surface area contributed by atoms with E-state index in [4.69, 9.17) is 0 Å². The molecule has 7 nitrogen and oxygen atoms in total. The summed E-state index contributed by atoms with van der Waals surface area (Å²) in [6.07, 6.45) is 1.40. The number of anilines is 1. The maximum atomic E-state index is 12.7. The highest BCUT2D eigenvalue weighted by Crippen LogP contribution is 2.36. The number of halogens is 3. The van der Waals surface area contributed by atoms with Gasteiger partial charge in [0.05, 0.1) is 5.56 Å². The molecule has 4 saturated heterocycles. The van der Waals surface area contributed by atoms with E-state index in [1.54, 1.807) is 12.4 Å². The number of hydrogen-bond donors (Lipinski definition) is 1. The van der Waals surface area contributed by atoms with Gasteiger partial charge in [0.2, 0.25) is 5.95 Å². The van der Waals surface area contributed by atoms with Gasteiger partial charge in [-0.25, -0.2) is 9.97 Å². The van der Waals surface area contributed by atoms with Gasteiger partial charge in [0.25, 0.3) is 5.91 Å². The smallest absolute Gasteiger partial charge is 0.350 e. The molecular weight excluding hydrogens is 457 g/mol. The number of piperazine rings is 1. The third-order valence-corrected chi connectivity index (χ3v) is 7.69. The zero-order chi connectivity index (χ0) is 24.4. The molecule has 0 radical (unpaired) electrons. The molecular formula is C25H31F3N6O. The summed E-state index contributed by atoms with van der Waals surface area (Å²) in [5, 5.41) is 2.94. The first-order valence-electron chi connectivity index (χ1n) is 12.3. The van der Waals surface area contributed by atoms with Gasteiger partial charge in [0.15, 0.2) is 0 Å². The van der Waals surface area contributed by atoms with Crippen molar-refractivity contribution in [1.29, 1.82) is 0 Å². The van der Waals surface area contributed by atoms with Crippen LogP contribution in [0.2, 0.25) is 0 Å². The number of alkyl halides is 3. The molecule has 4 aliphatic rings. The Balaban J connectivity index is 1.08. The van der Waals surface area contributed by atoms with E-state index in [0.717, 1.165) is 70.3 Å². The molecule has 4 aliphatic heterocycles. The van der Waals surface area contributed by atoms with Crippen LogP contribution in [0.25, 0.3) is 0 Å². The van der Waals surface area contributed by atoms with E-state index in [9.17, 15) is 18.0 Å². The van der Waals surface area contributed by atoms with Crippen molar-refractivity contribution in [3.05, 3.63) is 53.9 Å². The van der Waals surface area contributed by atoms with Crippen LogP contribution in [0, 0.1) is 11.8 Å². The van der Waals surface area contributed by atoms with E-state index in [-0.39, 0.29) is 17.5 Å². The monoisotopic (exact) mass is 488 g/mol. The minimum Gasteiger partial charge on any atom is -0.350 e. The molecule has 1 unspecified atom stereocenters. The topological polar surface area (TPSA) is 64.6 Å². The number of benzene rings is 1. The molecule has 5 heterocycles. The first-order valence-corrected chi connectivity index (χ1v) is 12.3. The fourth-order valence-electron chi connectivity index (χ4n) is 5.71. The lowest BCUT2D eigenvalue weighted by Gasteiger charge is -2.51. The highest BCUT2D eigenvalue weighted by Gasteiger charge is 2.40. The summed E-state index contributed by atoms with van der Waals surface area (Å²) in [6, 6.07) is 6.52. The number of piperidine rings is 3. The number of nitrogens with zero attached hydrogens (tertiary/aromatic N) is 5. The van der Waals surface area contributed by atoms with Crippen LogP contribution in [-0.4, -0.2) is 84.1 Å². The molecule has 1 aromatic heterocycles. The Kier molecular flexibility index (Phi) is 6.93. The lowest BCUT2D eigenvalue weighted by atomic mass is 9.75. The zero-order valence-corrected chi connectivity index (χ0v) is 19.6. The lowest BCUT2D eigenvalue weighted by molar-refractivity contribution is -0.137. The number of rotatable bonds is 6. The van der Waals surface area contributed by atoms with Crippen LogP contribution in [0.3, 0.4) is 0 Å². The number of nitrogens with one attached hydrogen (secondary N) is 1. The highest BCUT2D eigenvalue weighted by molar-refractivity contribution is 5.94. The Morgan fingerprint density at radius 2 is 1.74 bits per heavy atom. The molecule has 4 atom stereocenters. The predicted molar refractivity (Wildman–Crippen MR) is 126 cm³/mol. The van der Waals surface area contributed by atoms with Crippen LogP contribution in [-0.2, 0) is 6.18 Å². The number of amides is 1. The molecule has 0 spiro atoms. The van der Waals surface area contributed by atoms with E-state index in [1.165, 1.54) is 18.6 Å². The molecule has 0 aliphatic carbocycles. The molecule has 35 heavy (non-hydrogen) atoms. The van der Waals surface area contributed by atoms with Gasteiger partial charge in [0, 0.05) is 69.8 Å². The van der Waals surface area contributed by atoms with E-state index in [1.807, 2.05) is 6.07 Å². The molecule has 0 saturated carbocycles. The quantitative estimate of drug-likeness (QED) is 0.675. The predicted octanol–water partition coefficient (Wildman–Crippen LogP) is 2.76. The third kappa shape index (κ3) is 5.59. The molecule has 1 N–H and O–H groups in total. The second-order valence-corrected chi connectivity index (χ2v) is 9.81. The van der Waals surface area contributed by atoms with Crippen LogP contribution >= 0.6 is 0 Å². The molecule has 6 rings (SSSR count). The Morgan fingerprint density at radius 1 is 1.03 bits per heavy atom. The van der Waals surface area contributed by atoms with Crippen molar-refractivity contribution in [1.82, 2.24) is 25.1 Å². The zero-order valence-electron chi connectivity index (χ0n) is 19.6. The number of carbonyl (C=O) groups excluding carboxylic acids is 1. The number of fused-ring (bicyclic) bond motifs is 3. The minimum absolute atomic E-state index is 0.256. The maximum Gasteiger partial charge on any atom is 0.416 e. The number of carbonyl (C=O) groups is 1. The van der Waals surface area contributed by atoms with Crippen LogP contribution in [0.5, 0.6) is 0 Å². The van der Waals surface area contributed by atoms with E-state index >= 15 is 0 Å². The largest absolute Gasteiger partial charge is 0.416 e. The van der Waals surface area contributed by atoms with Gasteiger partial charge in [-0.1, -0.05) is 0 Å². The Labute approximate surface area is 203 Å². The first kappa shape index (κ1) is 24.0. The average molecular weight is 489 g/mol. The van der Waals surface area contributed by atoms with E-state index in [0.29, 0.717) is 18.4 Å². The van der Waals surface area contributed by atoms with Gasteiger partial charge in [0.1, 0.15) is 0 Å². The van der Waals surface area contributed by atoms with Gasteiger partial charge in [-0.15, -0.1) is 0 Å². The van der Waals surface area contributed by atoms with Crippen molar-refractivity contribution in [2.75, 3.05) is 57.3 Å². The molecule has 4 fully saturated rings. The molecule has 1 aromatic carbocycles.